The number of nitriles is 2. The second kappa shape index (κ2) is 12.5. The first-order chi connectivity index (χ1) is 18.2. The molecule has 182 valence electrons. The minimum atomic E-state index is 0.163. The van der Waals surface area contributed by atoms with Gasteiger partial charge in [-0.05, 0) is 23.6 Å². The maximum Gasteiger partial charge on any atom is 0.234 e. The van der Waals surface area contributed by atoms with Crippen LogP contribution in [0.15, 0.2) is 96.0 Å². The van der Waals surface area contributed by atoms with Crippen LogP contribution in [-0.4, -0.2) is 17.6 Å². The first-order valence-corrected chi connectivity index (χ1v) is 11.9. The maximum absolute atomic E-state index is 10.2. The number of guanidine groups is 1. The Morgan fingerprint density at radius 3 is 2.03 bits per heavy atom. The van der Waals surface area contributed by atoms with Gasteiger partial charge >= 0.3 is 0 Å². The second-order valence-electron chi connectivity index (χ2n) is 8.03. The zero-order valence-corrected chi connectivity index (χ0v) is 20.5. The van der Waals surface area contributed by atoms with Crippen molar-refractivity contribution in [2.24, 2.45) is 4.99 Å². The van der Waals surface area contributed by atoms with E-state index in [-0.39, 0.29) is 22.8 Å². The van der Waals surface area contributed by atoms with Crippen LogP contribution in [0, 0.1) is 22.7 Å². The molecule has 0 saturated carbocycles. The monoisotopic (exact) mass is 486 g/mol. The molecule has 0 spiro atoms. The lowest BCUT2D eigenvalue weighted by Gasteiger charge is -2.18. The molecule has 0 aliphatic carbocycles. The van der Waals surface area contributed by atoms with Crippen LogP contribution in [0.5, 0.6) is 5.88 Å². The molecular weight excluding hydrogens is 460 g/mol. The molecule has 1 aromatic heterocycles. The molecule has 0 aliphatic heterocycles. The Morgan fingerprint density at radius 1 is 0.838 bits per heavy atom. The number of aromatic nitrogens is 1. The van der Waals surface area contributed by atoms with E-state index in [9.17, 15) is 10.5 Å². The van der Waals surface area contributed by atoms with Crippen molar-refractivity contribution < 1.29 is 4.74 Å². The number of nitrogens with one attached hydrogen (secondary N) is 2. The van der Waals surface area contributed by atoms with Crippen LogP contribution in [0.1, 0.15) is 29.2 Å². The topological polar surface area (TPSA) is 106 Å². The molecule has 0 radical (unpaired) electrons. The molecule has 0 atom stereocenters. The van der Waals surface area contributed by atoms with Gasteiger partial charge in [-0.1, -0.05) is 91.0 Å². The van der Waals surface area contributed by atoms with Crippen LogP contribution in [-0.2, 0) is 13.1 Å². The van der Waals surface area contributed by atoms with Crippen molar-refractivity contribution >= 4 is 11.8 Å². The summed E-state index contributed by atoms with van der Waals surface area (Å²) in [7, 11) is 0. The van der Waals surface area contributed by atoms with Crippen molar-refractivity contribution in [2.45, 2.75) is 20.0 Å². The highest BCUT2D eigenvalue weighted by molar-refractivity contribution is 5.96. The number of aliphatic imine (C=N–C) groups is 1. The molecule has 7 heteroatoms. The number of anilines is 1. The smallest absolute Gasteiger partial charge is 0.234 e. The van der Waals surface area contributed by atoms with Gasteiger partial charge in [0.05, 0.1) is 13.2 Å². The van der Waals surface area contributed by atoms with Gasteiger partial charge in [-0.3, -0.25) is 0 Å². The predicted molar refractivity (Wildman–Crippen MR) is 145 cm³/mol. The number of nitrogens with zero attached hydrogens (tertiary/aromatic N) is 4. The van der Waals surface area contributed by atoms with Crippen LogP contribution in [0.25, 0.3) is 11.1 Å². The van der Waals surface area contributed by atoms with Gasteiger partial charge in [0.25, 0.3) is 0 Å². The van der Waals surface area contributed by atoms with Gasteiger partial charge in [-0.2, -0.15) is 15.5 Å². The quantitative estimate of drug-likeness (QED) is 0.246. The van der Waals surface area contributed by atoms with Crippen molar-refractivity contribution in [2.75, 3.05) is 11.9 Å². The van der Waals surface area contributed by atoms with Crippen molar-refractivity contribution in [1.29, 1.82) is 10.5 Å². The van der Waals surface area contributed by atoms with Gasteiger partial charge in [0.15, 0.2) is 11.8 Å². The normalized spacial score (nSPS) is 10.7. The Balaban J connectivity index is 1.77. The van der Waals surface area contributed by atoms with Gasteiger partial charge < -0.3 is 15.4 Å². The molecule has 1 heterocycles. The van der Waals surface area contributed by atoms with Crippen LogP contribution < -0.4 is 15.4 Å². The average molecular weight is 487 g/mol. The molecule has 0 amide bonds. The highest BCUT2D eigenvalue weighted by Crippen LogP contribution is 2.36. The molecule has 0 unspecified atom stereocenters. The molecule has 4 aromatic rings. The third-order valence-corrected chi connectivity index (χ3v) is 5.53. The number of hydrogen-bond acceptors (Lipinski definition) is 5. The Kier molecular flexibility index (Phi) is 8.46. The third kappa shape index (κ3) is 6.30. The standard InChI is InChI=1S/C30H26N6O/c1-2-37-29-26(19-32)27(24-16-10-5-11-17-24)25(18-31)28(35-29)36-30(33-20-22-12-6-3-7-13-22)34-21-23-14-8-4-9-15-23/h3-17H,2,20-21H2,1H3,(H2,33,34,35,36). The Hall–Kier alpha value is -5.14. The molecule has 2 N–H and O–H groups in total. The van der Waals surface area contributed by atoms with Gasteiger partial charge in [0.1, 0.15) is 23.3 Å². The van der Waals surface area contributed by atoms with E-state index in [1.165, 1.54) is 0 Å². The van der Waals surface area contributed by atoms with Crippen LogP contribution in [0.2, 0.25) is 0 Å². The molecule has 4 rings (SSSR count). The lowest BCUT2D eigenvalue weighted by atomic mass is 9.96. The summed E-state index contributed by atoms with van der Waals surface area (Å²) in [4.78, 5) is 9.28. The first kappa shape index (κ1) is 25.0. The number of hydrogen-bond donors (Lipinski definition) is 2. The highest BCUT2D eigenvalue weighted by Gasteiger charge is 2.23. The molecule has 0 bridgehead atoms. The number of ether oxygens (including phenoxy) is 1. The lowest BCUT2D eigenvalue weighted by molar-refractivity contribution is 0.326. The van der Waals surface area contributed by atoms with Crippen molar-refractivity contribution in [3.63, 3.8) is 0 Å². The van der Waals surface area contributed by atoms with E-state index in [0.29, 0.717) is 31.2 Å². The SMILES string of the molecule is CCOc1nc(NC(=NCc2ccccc2)NCc2ccccc2)c(C#N)c(-c2ccccc2)c1C#N. The summed E-state index contributed by atoms with van der Waals surface area (Å²) in [6.45, 7) is 3.09. The minimum absolute atomic E-state index is 0.163. The van der Waals surface area contributed by atoms with Crippen LogP contribution in [0.4, 0.5) is 5.82 Å². The van der Waals surface area contributed by atoms with Crippen LogP contribution in [0.3, 0.4) is 0 Å². The Labute approximate surface area is 216 Å². The lowest BCUT2D eigenvalue weighted by Crippen LogP contribution is -2.31. The number of pyridine rings is 1. The summed E-state index contributed by atoms with van der Waals surface area (Å²) in [5, 5.41) is 26.7. The summed E-state index contributed by atoms with van der Waals surface area (Å²) >= 11 is 0. The first-order valence-electron chi connectivity index (χ1n) is 11.9. The predicted octanol–water partition coefficient (Wildman–Crippen LogP) is 5.65. The molecular formula is C30H26N6O. The maximum atomic E-state index is 10.2. The summed E-state index contributed by atoms with van der Waals surface area (Å²) < 4.78 is 5.73. The van der Waals surface area contributed by atoms with Crippen molar-refractivity contribution in [3.05, 3.63) is 113 Å². The van der Waals surface area contributed by atoms with Gasteiger partial charge in [0.2, 0.25) is 5.88 Å². The fraction of sp³-hybridized carbons (Fsp3) is 0.133. The highest BCUT2D eigenvalue weighted by atomic mass is 16.5. The molecule has 0 fully saturated rings. The van der Waals surface area contributed by atoms with E-state index < -0.39 is 0 Å². The van der Waals surface area contributed by atoms with E-state index in [0.717, 1.165) is 16.7 Å². The van der Waals surface area contributed by atoms with Gasteiger partial charge in [0, 0.05) is 12.1 Å². The van der Waals surface area contributed by atoms with Crippen molar-refractivity contribution in [1.82, 2.24) is 10.3 Å². The van der Waals surface area contributed by atoms with Gasteiger partial charge in [-0.15, -0.1) is 0 Å². The molecule has 37 heavy (non-hydrogen) atoms. The second-order valence-corrected chi connectivity index (χ2v) is 8.03. The van der Waals surface area contributed by atoms with Crippen molar-refractivity contribution in [3.8, 4) is 29.1 Å². The minimum Gasteiger partial charge on any atom is -0.477 e. The molecule has 7 nitrogen and oxygen atoms in total. The molecule has 0 aliphatic rings. The van der Waals surface area contributed by atoms with E-state index >= 15 is 0 Å². The fourth-order valence-corrected chi connectivity index (χ4v) is 3.79. The average Bonchev–Trinajstić information content (AvgIpc) is 2.96. The number of benzene rings is 3. The van der Waals surface area contributed by atoms with E-state index in [1.54, 1.807) is 0 Å². The molecule has 3 aromatic carbocycles. The van der Waals surface area contributed by atoms with E-state index in [1.807, 2.05) is 97.9 Å². The van der Waals surface area contributed by atoms with Gasteiger partial charge in [-0.25, -0.2) is 4.99 Å². The molecule has 0 saturated heterocycles. The van der Waals surface area contributed by atoms with E-state index in [4.69, 9.17) is 9.73 Å². The Morgan fingerprint density at radius 2 is 1.43 bits per heavy atom. The third-order valence-electron chi connectivity index (χ3n) is 5.53. The summed E-state index contributed by atoms with van der Waals surface area (Å²) in [6, 6.07) is 33.6. The number of rotatable bonds is 8. The zero-order chi connectivity index (χ0) is 25.9. The fourth-order valence-electron chi connectivity index (χ4n) is 3.79. The van der Waals surface area contributed by atoms with E-state index in [2.05, 4.69) is 27.8 Å². The summed E-state index contributed by atoms with van der Waals surface area (Å²) in [5.74, 6) is 0.870. The van der Waals surface area contributed by atoms with Crippen LogP contribution >= 0.6 is 0 Å². The summed E-state index contributed by atoms with van der Waals surface area (Å²) in [5.41, 5.74) is 3.76. The zero-order valence-electron chi connectivity index (χ0n) is 20.5. The summed E-state index contributed by atoms with van der Waals surface area (Å²) in [6.07, 6.45) is 0. The largest absolute Gasteiger partial charge is 0.477 e. The Bertz CT molecular complexity index is 1440.